The van der Waals surface area contributed by atoms with E-state index in [2.05, 4.69) is 49.5 Å². The number of nitrogen functional groups attached to an aromatic ring is 1. The summed E-state index contributed by atoms with van der Waals surface area (Å²) >= 11 is 6.37. The van der Waals surface area contributed by atoms with E-state index in [4.69, 9.17) is 17.3 Å². The van der Waals surface area contributed by atoms with Gasteiger partial charge in [0, 0.05) is 12.3 Å². The van der Waals surface area contributed by atoms with Crippen LogP contribution in [0.4, 0.5) is 5.69 Å². The van der Waals surface area contributed by atoms with E-state index in [1.54, 1.807) is 12.4 Å². The maximum Gasteiger partial charge on any atom is 0.187 e. The fraction of sp³-hybridized carbons (Fsp3) is 0.412. The molecule has 3 nitrogen and oxygen atoms in total. The summed E-state index contributed by atoms with van der Waals surface area (Å²) in [5, 5.41) is 0.811. The maximum absolute atomic E-state index is 6.37. The van der Waals surface area contributed by atoms with Crippen LogP contribution in [0, 0.1) is 0 Å². The largest absolute Gasteiger partial charge is 0.397 e. The Morgan fingerprint density at radius 2 is 2.05 bits per heavy atom. The molecule has 0 bridgehead atoms. The van der Waals surface area contributed by atoms with Crippen molar-refractivity contribution < 1.29 is 4.57 Å². The average molecular weight is 305 g/mol. The standard InChI is InChI=1S/C17H23ClN3/c1-12(2)13-6-8-21(10-15(13)18)11-17(3,4)14-5-7-20-9-16(14)19/h5-10,12H,11,19H2,1-4H3/q+1. The summed E-state index contributed by atoms with van der Waals surface area (Å²) in [5.74, 6) is 0.427. The van der Waals surface area contributed by atoms with E-state index in [9.17, 15) is 0 Å². The molecule has 2 rings (SSSR count). The van der Waals surface area contributed by atoms with Crippen molar-refractivity contribution in [1.82, 2.24) is 4.98 Å². The quantitative estimate of drug-likeness (QED) is 0.875. The molecule has 0 saturated heterocycles. The van der Waals surface area contributed by atoms with Gasteiger partial charge in [-0.3, -0.25) is 4.98 Å². The highest BCUT2D eigenvalue weighted by Crippen LogP contribution is 2.28. The van der Waals surface area contributed by atoms with Gasteiger partial charge in [-0.15, -0.1) is 0 Å². The van der Waals surface area contributed by atoms with Crippen molar-refractivity contribution in [1.29, 1.82) is 0 Å². The summed E-state index contributed by atoms with van der Waals surface area (Å²) in [5.41, 5.74) is 8.97. The van der Waals surface area contributed by atoms with Crippen LogP contribution in [0.1, 0.15) is 44.7 Å². The van der Waals surface area contributed by atoms with Crippen LogP contribution in [0.5, 0.6) is 0 Å². The molecule has 0 aromatic carbocycles. The first-order chi connectivity index (χ1) is 9.81. The van der Waals surface area contributed by atoms with Crippen molar-refractivity contribution in [3.63, 3.8) is 0 Å². The number of nitrogens with zero attached hydrogens (tertiary/aromatic N) is 2. The fourth-order valence-corrected chi connectivity index (χ4v) is 3.06. The molecular formula is C17H23ClN3+. The molecule has 2 aromatic heterocycles. The number of nitrogens with two attached hydrogens (primary N) is 1. The van der Waals surface area contributed by atoms with Gasteiger partial charge in [-0.1, -0.05) is 25.4 Å². The summed E-state index contributed by atoms with van der Waals surface area (Å²) in [6, 6.07) is 4.08. The van der Waals surface area contributed by atoms with Gasteiger partial charge in [-0.25, -0.2) is 4.57 Å². The molecule has 0 unspecified atom stereocenters. The van der Waals surface area contributed by atoms with Gasteiger partial charge in [0.1, 0.15) is 5.02 Å². The number of pyridine rings is 2. The van der Waals surface area contributed by atoms with Gasteiger partial charge < -0.3 is 5.73 Å². The Kier molecular flexibility index (Phi) is 4.52. The molecule has 0 amide bonds. The molecule has 0 radical (unpaired) electrons. The van der Waals surface area contributed by atoms with Gasteiger partial charge in [0.15, 0.2) is 18.9 Å². The highest BCUT2D eigenvalue weighted by molar-refractivity contribution is 6.31. The SMILES string of the molecule is CC(C)c1cc[n+](CC(C)(C)c2ccncc2N)cc1Cl. The van der Waals surface area contributed by atoms with Crippen LogP contribution >= 0.6 is 11.6 Å². The Morgan fingerprint density at radius 3 is 2.62 bits per heavy atom. The minimum atomic E-state index is -0.0969. The van der Waals surface area contributed by atoms with E-state index >= 15 is 0 Å². The van der Waals surface area contributed by atoms with Crippen LogP contribution in [0.25, 0.3) is 0 Å². The van der Waals surface area contributed by atoms with Crippen LogP contribution in [0.3, 0.4) is 0 Å². The Bertz CT molecular complexity index is 636. The highest BCUT2D eigenvalue weighted by Gasteiger charge is 2.28. The zero-order valence-corrected chi connectivity index (χ0v) is 13.9. The maximum atomic E-state index is 6.37. The van der Waals surface area contributed by atoms with Crippen LogP contribution < -0.4 is 10.3 Å². The molecule has 4 heteroatoms. The van der Waals surface area contributed by atoms with E-state index in [1.165, 1.54) is 5.56 Å². The van der Waals surface area contributed by atoms with Gasteiger partial charge in [0.05, 0.1) is 17.3 Å². The molecule has 21 heavy (non-hydrogen) atoms. The van der Waals surface area contributed by atoms with Gasteiger partial charge in [-0.2, -0.15) is 0 Å². The van der Waals surface area contributed by atoms with Crippen LogP contribution in [-0.4, -0.2) is 4.98 Å². The molecule has 0 aliphatic heterocycles. The van der Waals surface area contributed by atoms with Gasteiger partial charge >= 0.3 is 0 Å². The van der Waals surface area contributed by atoms with Crippen LogP contribution in [-0.2, 0) is 12.0 Å². The lowest BCUT2D eigenvalue weighted by Gasteiger charge is -2.23. The second kappa shape index (κ2) is 6.02. The molecule has 112 valence electrons. The zero-order valence-electron chi connectivity index (χ0n) is 13.1. The third-order valence-electron chi connectivity index (χ3n) is 3.78. The average Bonchev–Trinajstić information content (AvgIpc) is 2.38. The predicted molar refractivity (Wildman–Crippen MR) is 87.4 cm³/mol. The Morgan fingerprint density at radius 1 is 1.33 bits per heavy atom. The van der Waals surface area contributed by atoms with Gasteiger partial charge in [-0.05, 0) is 37.0 Å². The van der Waals surface area contributed by atoms with Crippen molar-refractivity contribution in [2.24, 2.45) is 0 Å². The van der Waals surface area contributed by atoms with E-state index < -0.39 is 0 Å². The van der Waals surface area contributed by atoms with Crippen molar-refractivity contribution in [3.05, 3.63) is 53.1 Å². The summed E-state index contributed by atoms with van der Waals surface area (Å²) < 4.78 is 2.12. The second-order valence-electron chi connectivity index (χ2n) is 6.42. The number of hydrogen-bond acceptors (Lipinski definition) is 2. The number of rotatable bonds is 4. The summed E-state index contributed by atoms with van der Waals surface area (Å²) in [7, 11) is 0. The lowest BCUT2D eigenvalue weighted by molar-refractivity contribution is -0.704. The first-order valence-corrected chi connectivity index (χ1v) is 7.57. The van der Waals surface area contributed by atoms with Crippen LogP contribution in [0.15, 0.2) is 36.9 Å². The zero-order chi connectivity index (χ0) is 15.6. The van der Waals surface area contributed by atoms with Crippen molar-refractivity contribution >= 4 is 17.3 Å². The molecule has 0 fully saturated rings. The Hall–Kier alpha value is -1.61. The predicted octanol–water partition coefficient (Wildman–Crippen LogP) is 3.71. The van der Waals surface area contributed by atoms with E-state index in [0.29, 0.717) is 5.92 Å². The molecule has 2 aromatic rings. The lowest BCUT2D eigenvalue weighted by atomic mass is 9.84. The molecule has 2 N–H and O–H groups in total. The van der Waals surface area contributed by atoms with Crippen molar-refractivity contribution in [2.75, 3.05) is 5.73 Å². The number of aromatic nitrogens is 2. The first-order valence-electron chi connectivity index (χ1n) is 7.19. The molecule has 0 aliphatic rings. The third kappa shape index (κ3) is 3.53. The monoisotopic (exact) mass is 304 g/mol. The lowest BCUT2D eigenvalue weighted by Crippen LogP contribution is -2.43. The molecule has 0 atom stereocenters. The minimum Gasteiger partial charge on any atom is -0.397 e. The fourth-order valence-electron chi connectivity index (χ4n) is 2.65. The smallest absolute Gasteiger partial charge is 0.187 e. The molecule has 0 saturated carbocycles. The molecule has 0 spiro atoms. The first kappa shape index (κ1) is 15.8. The van der Waals surface area contributed by atoms with Crippen molar-refractivity contribution in [2.45, 2.75) is 45.6 Å². The minimum absolute atomic E-state index is 0.0969. The Balaban J connectivity index is 2.29. The van der Waals surface area contributed by atoms with Crippen LogP contribution in [0.2, 0.25) is 5.02 Å². The topological polar surface area (TPSA) is 42.8 Å². The van der Waals surface area contributed by atoms with E-state index in [0.717, 1.165) is 22.8 Å². The van der Waals surface area contributed by atoms with E-state index in [-0.39, 0.29) is 5.41 Å². The number of anilines is 1. The van der Waals surface area contributed by atoms with Gasteiger partial charge in [0.25, 0.3) is 0 Å². The summed E-state index contributed by atoms with van der Waals surface area (Å²) in [6.45, 7) is 9.45. The van der Waals surface area contributed by atoms with Gasteiger partial charge in [0.2, 0.25) is 0 Å². The van der Waals surface area contributed by atoms with E-state index in [1.807, 2.05) is 12.3 Å². The second-order valence-corrected chi connectivity index (χ2v) is 6.83. The molecular weight excluding hydrogens is 282 g/mol. The third-order valence-corrected chi connectivity index (χ3v) is 4.10. The summed E-state index contributed by atoms with van der Waals surface area (Å²) in [6.07, 6.45) is 7.57. The van der Waals surface area contributed by atoms with Crippen molar-refractivity contribution in [3.8, 4) is 0 Å². The Labute approximate surface area is 131 Å². The molecule has 0 aliphatic carbocycles. The number of halogens is 1. The summed E-state index contributed by atoms with van der Waals surface area (Å²) in [4.78, 5) is 4.06. The number of hydrogen-bond donors (Lipinski definition) is 1. The normalized spacial score (nSPS) is 11.9. The highest BCUT2D eigenvalue weighted by atomic mass is 35.5. The molecule has 2 heterocycles.